The number of amides is 1. The number of nitrogens with zero attached hydrogens (tertiary/aromatic N) is 1. The summed E-state index contributed by atoms with van der Waals surface area (Å²) in [5, 5.41) is 13.9. The molecule has 0 aromatic heterocycles. The van der Waals surface area contributed by atoms with Crippen molar-refractivity contribution in [2.24, 2.45) is 5.92 Å². The minimum Gasteiger partial charge on any atom is -0.465 e. The maximum atomic E-state index is 12.3. The molecule has 1 aliphatic rings. The number of ether oxygens (including phenoxy) is 1. The van der Waals surface area contributed by atoms with E-state index in [2.05, 4.69) is 17.0 Å². The van der Waals surface area contributed by atoms with Gasteiger partial charge in [0.05, 0.1) is 17.6 Å². The lowest BCUT2D eigenvalue weighted by molar-refractivity contribution is -0.384. The summed E-state index contributed by atoms with van der Waals surface area (Å²) in [7, 11) is 1.18. The fourth-order valence-corrected chi connectivity index (χ4v) is 2.76. The number of nitro groups is 1. The largest absolute Gasteiger partial charge is 0.465 e. The second kappa shape index (κ2) is 7.21. The highest BCUT2D eigenvalue weighted by Gasteiger charge is 2.23. The van der Waals surface area contributed by atoms with Crippen LogP contribution in [0.3, 0.4) is 0 Å². The van der Waals surface area contributed by atoms with Crippen LogP contribution in [0.1, 0.15) is 53.3 Å². The third kappa shape index (κ3) is 4.28. The molecule has 0 radical (unpaired) electrons. The van der Waals surface area contributed by atoms with E-state index in [0.29, 0.717) is 5.92 Å². The zero-order chi connectivity index (χ0) is 17.0. The van der Waals surface area contributed by atoms with Gasteiger partial charge in [0.15, 0.2) is 0 Å². The van der Waals surface area contributed by atoms with E-state index in [0.717, 1.165) is 31.7 Å². The minimum atomic E-state index is -0.714. The lowest BCUT2D eigenvalue weighted by Crippen LogP contribution is -2.37. The summed E-state index contributed by atoms with van der Waals surface area (Å²) in [5.74, 6) is -0.459. The summed E-state index contributed by atoms with van der Waals surface area (Å²) in [6.07, 6.45) is 3.89. The van der Waals surface area contributed by atoms with Gasteiger partial charge in [-0.25, -0.2) is 4.79 Å². The van der Waals surface area contributed by atoms with Gasteiger partial charge in [0.2, 0.25) is 0 Å². The van der Waals surface area contributed by atoms with Gasteiger partial charge in [-0.3, -0.25) is 14.9 Å². The summed E-state index contributed by atoms with van der Waals surface area (Å²) >= 11 is 0. The van der Waals surface area contributed by atoms with E-state index >= 15 is 0 Å². The number of carbonyl (C=O) groups excluding carboxylic acids is 2. The summed E-state index contributed by atoms with van der Waals surface area (Å²) in [6, 6.07) is 3.66. The van der Waals surface area contributed by atoms with E-state index in [1.165, 1.54) is 19.2 Å². The van der Waals surface area contributed by atoms with Crippen molar-refractivity contribution in [3.05, 3.63) is 39.4 Å². The normalized spacial score (nSPS) is 20.6. The van der Waals surface area contributed by atoms with Crippen LogP contribution in [0.25, 0.3) is 0 Å². The number of hydrogen-bond acceptors (Lipinski definition) is 5. The van der Waals surface area contributed by atoms with E-state index in [-0.39, 0.29) is 22.9 Å². The predicted octanol–water partition coefficient (Wildman–Crippen LogP) is 2.69. The van der Waals surface area contributed by atoms with Crippen LogP contribution < -0.4 is 5.32 Å². The quantitative estimate of drug-likeness (QED) is 0.522. The first-order valence-corrected chi connectivity index (χ1v) is 7.59. The molecule has 124 valence electrons. The topological polar surface area (TPSA) is 98.5 Å². The number of benzene rings is 1. The van der Waals surface area contributed by atoms with Crippen molar-refractivity contribution in [2.45, 2.75) is 38.6 Å². The van der Waals surface area contributed by atoms with Crippen LogP contribution in [0.4, 0.5) is 5.69 Å². The molecule has 0 bridgehead atoms. The molecule has 7 heteroatoms. The molecule has 0 unspecified atom stereocenters. The Kier molecular flexibility index (Phi) is 5.31. The molecule has 0 spiro atoms. The number of hydrogen-bond donors (Lipinski definition) is 1. The molecule has 1 N–H and O–H groups in total. The van der Waals surface area contributed by atoms with Crippen molar-refractivity contribution in [1.82, 2.24) is 5.32 Å². The van der Waals surface area contributed by atoms with Gasteiger partial charge in [-0.1, -0.05) is 6.92 Å². The van der Waals surface area contributed by atoms with E-state index in [9.17, 15) is 19.7 Å². The lowest BCUT2D eigenvalue weighted by atomic mass is 9.87. The van der Waals surface area contributed by atoms with Crippen molar-refractivity contribution in [1.29, 1.82) is 0 Å². The Morgan fingerprint density at radius 1 is 1.17 bits per heavy atom. The van der Waals surface area contributed by atoms with E-state index in [1.807, 2.05) is 0 Å². The maximum absolute atomic E-state index is 12.3. The Hall–Kier alpha value is -2.44. The predicted molar refractivity (Wildman–Crippen MR) is 83.3 cm³/mol. The van der Waals surface area contributed by atoms with E-state index in [1.54, 1.807) is 0 Å². The molecule has 1 aromatic carbocycles. The third-order valence-electron chi connectivity index (χ3n) is 4.16. The molecular formula is C16H20N2O5. The maximum Gasteiger partial charge on any atom is 0.338 e. The second-order valence-corrected chi connectivity index (χ2v) is 5.95. The summed E-state index contributed by atoms with van der Waals surface area (Å²) in [4.78, 5) is 34.3. The number of methoxy groups -OCH3 is 1. The van der Waals surface area contributed by atoms with Gasteiger partial charge < -0.3 is 10.1 Å². The third-order valence-corrected chi connectivity index (χ3v) is 4.16. The Balaban J connectivity index is 2.19. The van der Waals surface area contributed by atoms with Gasteiger partial charge in [0.1, 0.15) is 0 Å². The van der Waals surface area contributed by atoms with Crippen molar-refractivity contribution < 1.29 is 19.2 Å². The first-order valence-electron chi connectivity index (χ1n) is 7.59. The summed E-state index contributed by atoms with van der Waals surface area (Å²) < 4.78 is 4.57. The number of nitro benzene ring substituents is 1. The van der Waals surface area contributed by atoms with Crippen LogP contribution in [0, 0.1) is 16.0 Å². The molecular weight excluding hydrogens is 300 g/mol. The fourth-order valence-electron chi connectivity index (χ4n) is 2.76. The molecule has 7 nitrogen and oxygen atoms in total. The van der Waals surface area contributed by atoms with Crippen LogP contribution in [-0.2, 0) is 4.74 Å². The van der Waals surface area contributed by atoms with Gasteiger partial charge >= 0.3 is 5.97 Å². The molecule has 1 amide bonds. The average Bonchev–Trinajstić information content (AvgIpc) is 2.55. The van der Waals surface area contributed by atoms with E-state index in [4.69, 9.17) is 0 Å². The van der Waals surface area contributed by atoms with Crippen LogP contribution in [0.2, 0.25) is 0 Å². The monoisotopic (exact) mass is 320 g/mol. The van der Waals surface area contributed by atoms with E-state index < -0.39 is 16.8 Å². The molecule has 2 rings (SSSR count). The molecule has 1 aliphatic carbocycles. The second-order valence-electron chi connectivity index (χ2n) is 5.95. The standard InChI is InChI=1S/C16H20N2O5/c1-10-3-5-13(6-4-10)17-15(19)11-7-12(16(20)23-2)9-14(8-11)18(21)22/h7-10,13H,3-6H2,1-2H3,(H,17,19). The SMILES string of the molecule is COC(=O)c1cc(C(=O)NC2CCC(C)CC2)cc([N+](=O)[O-])c1. The number of esters is 1. The number of nitrogens with one attached hydrogen (secondary N) is 1. The zero-order valence-corrected chi connectivity index (χ0v) is 13.2. The average molecular weight is 320 g/mol. The Labute approximate surface area is 134 Å². The lowest BCUT2D eigenvalue weighted by Gasteiger charge is -2.26. The first kappa shape index (κ1) is 16.9. The van der Waals surface area contributed by atoms with Crippen LogP contribution >= 0.6 is 0 Å². The highest BCUT2D eigenvalue weighted by molar-refractivity contribution is 5.99. The summed E-state index contributed by atoms with van der Waals surface area (Å²) in [5.41, 5.74) is -0.224. The van der Waals surface area contributed by atoms with Gasteiger partial charge in [-0.05, 0) is 37.7 Å². The molecule has 1 saturated carbocycles. The number of carbonyl (C=O) groups is 2. The van der Waals surface area contributed by atoms with Crippen LogP contribution in [0.5, 0.6) is 0 Å². The fraction of sp³-hybridized carbons (Fsp3) is 0.500. The molecule has 1 fully saturated rings. The highest BCUT2D eigenvalue weighted by Crippen LogP contribution is 2.24. The summed E-state index contributed by atoms with van der Waals surface area (Å²) in [6.45, 7) is 2.18. The molecule has 0 aliphatic heterocycles. The first-order chi connectivity index (χ1) is 10.9. The van der Waals surface area contributed by atoms with Crippen molar-refractivity contribution >= 4 is 17.6 Å². The van der Waals surface area contributed by atoms with Gasteiger partial charge in [0.25, 0.3) is 11.6 Å². The Bertz CT molecular complexity index is 621. The number of non-ortho nitro benzene ring substituents is 1. The van der Waals surface area contributed by atoms with Crippen molar-refractivity contribution in [2.75, 3.05) is 7.11 Å². The van der Waals surface area contributed by atoms with Crippen LogP contribution in [-0.4, -0.2) is 30.0 Å². The zero-order valence-electron chi connectivity index (χ0n) is 13.2. The van der Waals surface area contributed by atoms with Crippen molar-refractivity contribution in [3.8, 4) is 0 Å². The van der Waals surface area contributed by atoms with Crippen molar-refractivity contribution in [3.63, 3.8) is 0 Å². The molecule has 23 heavy (non-hydrogen) atoms. The molecule has 0 atom stereocenters. The molecule has 0 saturated heterocycles. The molecule has 1 aromatic rings. The minimum absolute atomic E-state index is 0.0101. The van der Waals surface area contributed by atoms with Gasteiger partial charge in [-0.2, -0.15) is 0 Å². The van der Waals surface area contributed by atoms with Crippen LogP contribution in [0.15, 0.2) is 18.2 Å². The molecule has 0 heterocycles. The van der Waals surface area contributed by atoms with Gasteiger partial charge in [0, 0.05) is 23.7 Å². The Morgan fingerprint density at radius 3 is 2.35 bits per heavy atom. The highest BCUT2D eigenvalue weighted by atomic mass is 16.6. The van der Waals surface area contributed by atoms with Gasteiger partial charge in [-0.15, -0.1) is 0 Å². The number of rotatable bonds is 4. The Morgan fingerprint density at radius 2 is 1.78 bits per heavy atom. The smallest absolute Gasteiger partial charge is 0.338 e.